The molecule has 0 saturated carbocycles. The minimum Gasteiger partial charge on any atom is -0.456 e. The molecule has 0 amide bonds. The molecule has 1 N–H and O–H groups in total. The molecule has 4 nitrogen and oxygen atoms in total. The molecule has 1 atom stereocenters. The Balaban J connectivity index is 1.12. The van der Waals surface area contributed by atoms with E-state index in [1.807, 2.05) is 18.2 Å². The normalized spacial score (nSPS) is 14.5. The minimum absolute atomic E-state index is 0.447. The summed E-state index contributed by atoms with van der Waals surface area (Å²) in [5.74, 6) is 1.54. The Morgan fingerprint density at radius 2 is 1.10 bits per heavy atom. The fraction of sp³-hybridized carbons (Fsp3) is 0.0213. The molecule has 1 unspecified atom stereocenters. The molecule has 9 aromatic rings. The van der Waals surface area contributed by atoms with Crippen LogP contribution in [0, 0.1) is 0 Å². The molecule has 0 spiro atoms. The van der Waals surface area contributed by atoms with Crippen molar-refractivity contribution in [2.24, 2.45) is 9.98 Å². The van der Waals surface area contributed by atoms with Gasteiger partial charge in [-0.2, -0.15) is 0 Å². The van der Waals surface area contributed by atoms with Crippen molar-refractivity contribution in [3.8, 4) is 22.3 Å². The van der Waals surface area contributed by atoms with E-state index in [4.69, 9.17) is 14.4 Å². The third kappa shape index (κ3) is 5.17. The van der Waals surface area contributed by atoms with Crippen LogP contribution in [0.15, 0.2) is 190 Å². The zero-order valence-corrected chi connectivity index (χ0v) is 27.6. The number of aliphatic imine (C=N–C) groups is 2. The quantitative estimate of drug-likeness (QED) is 0.201. The Bertz CT molecular complexity index is 2820. The second kappa shape index (κ2) is 12.0. The van der Waals surface area contributed by atoms with E-state index >= 15 is 0 Å². The molecule has 8 aromatic carbocycles. The number of hydrogen-bond acceptors (Lipinski definition) is 4. The first-order valence-electron chi connectivity index (χ1n) is 17.3. The Hall–Kier alpha value is -6.78. The Morgan fingerprint density at radius 1 is 0.412 bits per heavy atom. The monoisotopic (exact) mass is 653 g/mol. The molecule has 4 heteroatoms. The molecule has 0 fully saturated rings. The summed E-state index contributed by atoms with van der Waals surface area (Å²) in [6, 6.07) is 61.7. The van der Waals surface area contributed by atoms with Crippen LogP contribution in [0.25, 0.3) is 65.7 Å². The van der Waals surface area contributed by atoms with Gasteiger partial charge in [0.1, 0.15) is 22.8 Å². The van der Waals surface area contributed by atoms with Crippen LogP contribution in [0.4, 0.5) is 0 Å². The SMILES string of the molecule is c1ccc(-c2ccc3oc4cccc(C5=NC(c6ccc(-c7cccc8ccccc78)cc6)N=C(c6ccc7ccccc7c6)N5)c4c3c2)cc1. The van der Waals surface area contributed by atoms with Crippen LogP contribution < -0.4 is 5.32 Å². The van der Waals surface area contributed by atoms with E-state index in [0.29, 0.717) is 0 Å². The summed E-state index contributed by atoms with van der Waals surface area (Å²) in [5.41, 5.74) is 9.35. The fourth-order valence-electron chi connectivity index (χ4n) is 7.37. The third-order valence-corrected chi connectivity index (χ3v) is 9.93. The third-order valence-electron chi connectivity index (χ3n) is 9.93. The van der Waals surface area contributed by atoms with Gasteiger partial charge in [-0.3, -0.25) is 0 Å². The fourth-order valence-corrected chi connectivity index (χ4v) is 7.37. The standard InChI is InChI=1S/C47H31N3O/c1-2-10-30(11-3-1)36-26-27-42-41(29-36)44-40(18-9-19-43(44)51-42)47-49-45(48-46(50-47)37-25-20-31-12-4-5-14-35(31)28-37)34-23-21-33(22-24-34)39-17-8-15-32-13-6-7-16-38(32)39/h1-29,45H,(H,48,49,50). The van der Waals surface area contributed by atoms with E-state index in [1.54, 1.807) is 0 Å². The van der Waals surface area contributed by atoms with Crippen LogP contribution >= 0.6 is 0 Å². The topological polar surface area (TPSA) is 49.9 Å². The minimum atomic E-state index is -0.447. The molecule has 0 aliphatic carbocycles. The number of rotatable bonds is 5. The summed E-state index contributed by atoms with van der Waals surface area (Å²) in [4.78, 5) is 10.5. The number of nitrogens with one attached hydrogen (secondary N) is 1. The molecule has 1 aromatic heterocycles. The van der Waals surface area contributed by atoms with Gasteiger partial charge in [0.25, 0.3) is 0 Å². The van der Waals surface area contributed by atoms with Crippen molar-refractivity contribution in [3.63, 3.8) is 0 Å². The second-order valence-electron chi connectivity index (χ2n) is 13.0. The van der Waals surface area contributed by atoms with Crippen LogP contribution in [-0.4, -0.2) is 11.7 Å². The summed E-state index contributed by atoms with van der Waals surface area (Å²) >= 11 is 0. The molecule has 51 heavy (non-hydrogen) atoms. The highest BCUT2D eigenvalue weighted by Crippen LogP contribution is 2.36. The van der Waals surface area contributed by atoms with Crippen molar-refractivity contribution in [1.29, 1.82) is 0 Å². The van der Waals surface area contributed by atoms with Gasteiger partial charge in [-0.05, 0) is 73.6 Å². The number of nitrogens with zero attached hydrogens (tertiary/aromatic N) is 2. The van der Waals surface area contributed by atoms with E-state index in [9.17, 15) is 0 Å². The van der Waals surface area contributed by atoms with Crippen molar-refractivity contribution >= 4 is 55.2 Å². The average Bonchev–Trinajstić information content (AvgIpc) is 3.59. The van der Waals surface area contributed by atoms with Crippen molar-refractivity contribution in [2.45, 2.75) is 6.17 Å². The Kier molecular flexibility index (Phi) is 6.85. The molecule has 0 bridgehead atoms. The van der Waals surface area contributed by atoms with E-state index in [-0.39, 0.29) is 0 Å². The van der Waals surface area contributed by atoms with Crippen molar-refractivity contribution < 1.29 is 4.42 Å². The lowest BCUT2D eigenvalue weighted by atomic mass is 9.97. The Labute approximate surface area is 295 Å². The van der Waals surface area contributed by atoms with Crippen LogP contribution in [0.2, 0.25) is 0 Å². The molecule has 2 heterocycles. The number of fused-ring (bicyclic) bond motifs is 5. The lowest BCUT2D eigenvalue weighted by molar-refractivity contribution is 0.669. The van der Waals surface area contributed by atoms with Gasteiger partial charge in [-0.25, -0.2) is 9.98 Å². The van der Waals surface area contributed by atoms with Crippen molar-refractivity contribution in [1.82, 2.24) is 5.32 Å². The molecular weight excluding hydrogens is 623 g/mol. The van der Waals surface area contributed by atoms with Gasteiger partial charge in [-0.1, -0.05) is 152 Å². The first-order chi connectivity index (χ1) is 25.2. The van der Waals surface area contributed by atoms with Gasteiger partial charge in [0.2, 0.25) is 0 Å². The molecule has 1 aliphatic rings. The highest BCUT2D eigenvalue weighted by Gasteiger charge is 2.24. The predicted molar refractivity (Wildman–Crippen MR) is 211 cm³/mol. The van der Waals surface area contributed by atoms with Crippen LogP contribution in [0.1, 0.15) is 22.9 Å². The molecular formula is C47H31N3O. The molecule has 10 rings (SSSR count). The van der Waals surface area contributed by atoms with Crippen LogP contribution in [0.5, 0.6) is 0 Å². The number of amidine groups is 2. The summed E-state index contributed by atoms with van der Waals surface area (Å²) in [6.07, 6.45) is -0.447. The van der Waals surface area contributed by atoms with Gasteiger partial charge in [0, 0.05) is 21.9 Å². The van der Waals surface area contributed by atoms with Gasteiger partial charge in [-0.15, -0.1) is 0 Å². The largest absolute Gasteiger partial charge is 0.456 e. The van der Waals surface area contributed by atoms with E-state index in [2.05, 4.69) is 163 Å². The zero-order chi connectivity index (χ0) is 33.7. The number of benzene rings is 8. The maximum Gasteiger partial charge on any atom is 0.169 e. The summed E-state index contributed by atoms with van der Waals surface area (Å²) in [5, 5.41) is 10.6. The van der Waals surface area contributed by atoms with Gasteiger partial charge < -0.3 is 9.73 Å². The van der Waals surface area contributed by atoms with Gasteiger partial charge in [0.15, 0.2) is 6.17 Å². The smallest absolute Gasteiger partial charge is 0.169 e. The molecule has 1 aliphatic heterocycles. The maximum absolute atomic E-state index is 6.42. The van der Waals surface area contributed by atoms with Gasteiger partial charge in [0.05, 0.1) is 0 Å². The summed E-state index contributed by atoms with van der Waals surface area (Å²) in [6.45, 7) is 0. The van der Waals surface area contributed by atoms with E-state index in [1.165, 1.54) is 21.7 Å². The summed E-state index contributed by atoms with van der Waals surface area (Å²) in [7, 11) is 0. The molecule has 0 radical (unpaired) electrons. The molecule has 0 saturated heterocycles. The van der Waals surface area contributed by atoms with Crippen LogP contribution in [0.3, 0.4) is 0 Å². The van der Waals surface area contributed by atoms with Gasteiger partial charge >= 0.3 is 0 Å². The van der Waals surface area contributed by atoms with Crippen LogP contribution in [-0.2, 0) is 0 Å². The number of hydrogen-bond donors (Lipinski definition) is 1. The highest BCUT2D eigenvalue weighted by molar-refractivity contribution is 6.24. The first kappa shape index (κ1) is 29.2. The zero-order valence-electron chi connectivity index (χ0n) is 27.6. The van der Waals surface area contributed by atoms with Crippen molar-refractivity contribution in [2.75, 3.05) is 0 Å². The van der Waals surface area contributed by atoms with Crippen molar-refractivity contribution in [3.05, 3.63) is 193 Å². The lowest BCUT2D eigenvalue weighted by Crippen LogP contribution is -2.36. The maximum atomic E-state index is 6.42. The highest BCUT2D eigenvalue weighted by atomic mass is 16.3. The van der Waals surface area contributed by atoms with E-state index < -0.39 is 6.17 Å². The average molecular weight is 654 g/mol. The lowest BCUT2D eigenvalue weighted by Gasteiger charge is -2.23. The molecule has 240 valence electrons. The number of furan rings is 1. The first-order valence-corrected chi connectivity index (χ1v) is 17.3. The predicted octanol–water partition coefficient (Wildman–Crippen LogP) is 11.7. The Morgan fingerprint density at radius 3 is 1.98 bits per heavy atom. The summed E-state index contributed by atoms with van der Waals surface area (Å²) < 4.78 is 6.42. The van der Waals surface area contributed by atoms with E-state index in [0.717, 1.165) is 72.4 Å². The second-order valence-corrected chi connectivity index (χ2v) is 13.0.